The Balaban J connectivity index is 0.680. The molecule has 19 aromatic rings. The second-order valence-electron chi connectivity index (χ2n) is 23.7. The minimum absolute atomic E-state index is 0.679. The zero-order chi connectivity index (χ0) is 59.0. The minimum Gasteiger partial charge on any atom is -0.309 e. The molecule has 0 aliphatic rings. The van der Waals surface area contributed by atoms with E-state index in [1.807, 2.05) is 0 Å². The van der Waals surface area contributed by atoms with E-state index < -0.39 is 0 Å². The van der Waals surface area contributed by atoms with E-state index in [2.05, 4.69) is 334 Å². The number of rotatable bonds is 8. The van der Waals surface area contributed by atoms with Gasteiger partial charge in [-0.2, -0.15) is 0 Å². The first-order chi connectivity index (χ1) is 44.6. The fourth-order valence-electron chi connectivity index (χ4n) is 14.6. The van der Waals surface area contributed by atoms with Crippen molar-refractivity contribution in [3.05, 3.63) is 315 Å². The molecule has 19 rings (SSSR count). The Morgan fingerprint density at radius 1 is 0.200 bits per heavy atom. The fourth-order valence-corrected chi connectivity index (χ4v) is 14.6. The molecule has 0 amide bonds. The zero-order valence-electron chi connectivity index (χ0n) is 48.7. The zero-order valence-corrected chi connectivity index (χ0v) is 48.7. The van der Waals surface area contributed by atoms with Gasteiger partial charge in [-0.25, -0.2) is 9.97 Å². The Bertz CT molecular complexity index is 6120. The van der Waals surface area contributed by atoms with Gasteiger partial charge in [-0.15, -0.1) is 0 Å². The van der Waals surface area contributed by atoms with Gasteiger partial charge in [0, 0.05) is 82.4 Å². The molecule has 5 heterocycles. The van der Waals surface area contributed by atoms with Crippen LogP contribution in [0.3, 0.4) is 0 Å². The van der Waals surface area contributed by atoms with Crippen molar-refractivity contribution in [2.24, 2.45) is 0 Å². The standard InChI is InChI=1S/C84H52N6/c1-3-18-60(19-4-1)87-74-27-13-9-23-65(74)69-49-56(36-45-78(69)87)58-38-47-80-71(51-58)67-25-11-15-29-76(67)89(80)62-40-31-54(32-41-62)83-82-64-22-8-7-17-53(64)35-44-73(82)85-84(86-83)55-33-42-63(43-34-55)90-77-30-16-12-26-68(77)72-52-59(39-48-81(72)90)57-37-46-79-70(50-57)66-24-10-14-28-75(66)88(79)61-20-5-2-6-21-61/h1-52H. The maximum Gasteiger partial charge on any atom is 0.160 e. The Morgan fingerprint density at radius 2 is 0.511 bits per heavy atom. The average molecular weight is 1150 g/mol. The lowest BCUT2D eigenvalue weighted by Gasteiger charge is -2.14. The highest BCUT2D eigenvalue weighted by Gasteiger charge is 2.21. The van der Waals surface area contributed by atoms with Gasteiger partial charge >= 0.3 is 0 Å². The summed E-state index contributed by atoms with van der Waals surface area (Å²) in [6.45, 7) is 0. The number of para-hydroxylation sites is 6. The van der Waals surface area contributed by atoms with E-state index in [9.17, 15) is 0 Å². The third-order valence-corrected chi connectivity index (χ3v) is 18.8. The summed E-state index contributed by atoms with van der Waals surface area (Å²) in [7, 11) is 0. The molecule has 0 atom stereocenters. The molecule has 0 bridgehead atoms. The van der Waals surface area contributed by atoms with Gasteiger partial charge in [0.05, 0.1) is 55.3 Å². The Hall–Kier alpha value is -12.1. The van der Waals surface area contributed by atoms with Gasteiger partial charge < -0.3 is 18.3 Å². The lowest BCUT2D eigenvalue weighted by Crippen LogP contribution is -1.98. The van der Waals surface area contributed by atoms with E-state index in [0.29, 0.717) is 5.82 Å². The first kappa shape index (κ1) is 50.1. The van der Waals surface area contributed by atoms with Gasteiger partial charge in [0.1, 0.15) is 0 Å². The normalized spacial score (nSPS) is 12.0. The molecule has 14 aromatic carbocycles. The third-order valence-electron chi connectivity index (χ3n) is 18.8. The van der Waals surface area contributed by atoms with Crippen LogP contribution in [0, 0.1) is 0 Å². The summed E-state index contributed by atoms with van der Waals surface area (Å²) in [5.41, 5.74) is 22.4. The monoisotopic (exact) mass is 1140 g/mol. The van der Waals surface area contributed by atoms with Gasteiger partial charge in [0.25, 0.3) is 0 Å². The molecule has 0 fully saturated rings. The van der Waals surface area contributed by atoms with Gasteiger partial charge in [-0.1, -0.05) is 176 Å². The van der Waals surface area contributed by atoms with Crippen molar-refractivity contribution in [3.63, 3.8) is 0 Å². The molecule has 0 radical (unpaired) electrons. The van der Waals surface area contributed by atoms with Crippen molar-refractivity contribution in [2.75, 3.05) is 0 Å². The molecule has 6 nitrogen and oxygen atoms in total. The first-order valence-corrected chi connectivity index (χ1v) is 30.8. The number of aromatic nitrogens is 6. The SMILES string of the molecule is c1ccc(-n2c3ccccc3c3cc(-c4ccc5c(c4)c4ccccc4n5-c4ccc(-c5nc(-c6ccc(-n7c8ccccc8c8cc(-c9ccc%10c(c9)c9ccccc9n%10-c9ccccc9)ccc87)cc6)c6c(ccc7ccccc76)n5)cc4)ccc32)cc1. The highest BCUT2D eigenvalue weighted by molar-refractivity contribution is 6.16. The minimum atomic E-state index is 0.679. The smallest absolute Gasteiger partial charge is 0.160 e. The van der Waals surface area contributed by atoms with Crippen LogP contribution < -0.4 is 0 Å². The number of nitrogens with zero attached hydrogens (tertiary/aromatic N) is 6. The molecule has 90 heavy (non-hydrogen) atoms. The Kier molecular flexibility index (Phi) is 11.0. The largest absolute Gasteiger partial charge is 0.309 e. The molecular formula is C84H52N6. The molecule has 5 aromatic heterocycles. The van der Waals surface area contributed by atoms with Crippen LogP contribution in [0.4, 0.5) is 0 Å². The molecule has 418 valence electrons. The van der Waals surface area contributed by atoms with Crippen molar-refractivity contribution < 1.29 is 0 Å². The molecule has 0 N–H and O–H groups in total. The van der Waals surface area contributed by atoms with Crippen LogP contribution in [0.1, 0.15) is 0 Å². The van der Waals surface area contributed by atoms with Crippen molar-refractivity contribution >= 4 is 109 Å². The number of benzene rings is 14. The number of hydrogen-bond acceptors (Lipinski definition) is 2. The fraction of sp³-hybridized carbons (Fsp3) is 0. The Morgan fingerprint density at radius 3 is 0.911 bits per heavy atom. The lowest BCUT2D eigenvalue weighted by molar-refractivity contribution is 1.17. The van der Waals surface area contributed by atoms with Crippen LogP contribution >= 0.6 is 0 Å². The molecule has 0 unspecified atom stereocenters. The Labute approximate surface area is 517 Å². The summed E-state index contributed by atoms with van der Waals surface area (Å²) in [5, 5.41) is 13.1. The van der Waals surface area contributed by atoms with Crippen LogP contribution in [-0.2, 0) is 0 Å². The second kappa shape index (κ2) is 19.7. The van der Waals surface area contributed by atoms with Gasteiger partial charge in [0.2, 0.25) is 0 Å². The van der Waals surface area contributed by atoms with Crippen LogP contribution in [0.25, 0.3) is 177 Å². The molecule has 6 heteroatoms. The van der Waals surface area contributed by atoms with Crippen molar-refractivity contribution in [1.29, 1.82) is 0 Å². The van der Waals surface area contributed by atoms with E-state index in [-0.39, 0.29) is 0 Å². The van der Waals surface area contributed by atoms with Crippen molar-refractivity contribution in [1.82, 2.24) is 28.2 Å². The van der Waals surface area contributed by atoms with Crippen LogP contribution in [0.2, 0.25) is 0 Å². The van der Waals surface area contributed by atoms with Crippen molar-refractivity contribution in [2.45, 2.75) is 0 Å². The summed E-state index contributed by atoms with van der Waals surface area (Å²) in [4.78, 5) is 10.9. The van der Waals surface area contributed by atoms with E-state index in [4.69, 9.17) is 9.97 Å². The van der Waals surface area contributed by atoms with E-state index >= 15 is 0 Å². The van der Waals surface area contributed by atoms with E-state index in [1.165, 1.54) is 87.4 Å². The second-order valence-corrected chi connectivity index (χ2v) is 23.7. The van der Waals surface area contributed by atoms with E-state index in [0.717, 1.165) is 83.3 Å². The number of fused-ring (bicyclic) bond motifs is 15. The molecular weight excluding hydrogens is 1090 g/mol. The van der Waals surface area contributed by atoms with E-state index in [1.54, 1.807) is 0 Å². The summed E-state index contributed by atoms with van der Waals surface area (Å²) < 4.78 is 9.54. The van der Waals surface area contributed by atoms with Gasteiger partial charge in [-0.3, -0.25) is 0 Å². The van der Waals surface area contributed by atoms with Crippen LogP contribution in [-0.4, -0.2) is 28.2 Å². The highest BCUT2D eigenvalue weighted by Crippen LogP contribution is 2.43. The summed E-state index contributed by atoms with van der Waals surface area (Å²) in [5.74, 6) is 0.679. The molecule has 0 saturated heterocycles. The predicted molar refractivity (Wildman–Crippen MR) is 376 cm³/mol. The summed E-state index contributed by atoms with van der Waals surface area (Å²) in [6.07, 6.45) is 0. The summed E-state index contributed by atoms with van der Waals surface area (Å²) >= 11 is 0. The molecule has 0 aliphatic heterocycles. The first-order valence-electron chi connectivity index (χ1n) is 30.8. The maximum atomic E-state index is 5.53. The summed E-state index contributed by atoms with van der Waals surface area (Å²) in [6, 6.07) is 115. The van der Waals surface area contributed by atoms with Gasteiger partial charge in [-0.05, 0) is 173 Å². The predicted octanol–water partition coefficient (Wildman–Crippen LogP) is 21.8. The lowest BCUT2D eigenvalue weighted by atomic mass is 9.99. The van der Waals surface area contributed by atoms with Crippen molar-refractivity contribution in [3.8, 4) is 67.6 Å². The van der Waals surface area contributed by atoms with Gasteiger partial charge in [0.15, 0.2) is 5.82 Å². The topological polar surface area (TPSA) is 45.5 Å². The highest BCUT2D eigenvalue weighted by atomic mass is 15.0. The average Bonchev–Trinajstić information content (AvgIpc) is 1.58. The quantitative estimate of drug-likeness (QED) is 0.142. The van der Waals surface area contributed by atoms with Crippen LogP contribution in [0.5, 0.6) is 0 Å². The van der Waals surface area contributed by atoms with Crippen LogP contribution in [0.15, 0.2) is 315 Å². The molecule has 0 saturated carbocycles. The molecule has 0 aliphatic carbocycles. The number of hydrogen-bond donors (Lipinski definition) is 0. The maximum absolute atomic E-state index is 5.53. The molecule has 0 spiro atoms. The third kappa shape index (κ3) is 7.65.